The second-order valence-corrected chi connectivity index (χ2v) is 4.20. The van der Waals surface area contributed by atoms with Gasteiger partial charge in [-0.05, 0) is 41.5 Å². The summed E-state index contributed by atoms with van der Waals surface area (Å²) in [6.45, 7) is 12.2. The van der Waals surface area contributed by atoms with Crippen LogP contribution in [-0.4, -0.2) is 23.9 Å². The quantitative estimate of drug-likeness (QED) is 0.851. The fourth-order valence-corrected chi connectivity index (χ4v) is 1.08. The molecule has 0 radical (unpaired) electrons. The van der Waals surface area contributed by atoms with Gasteiger partial charge in [-0.3, -0.25) is 0 Å². The van der Waals surface area contributed by atoms with Crippen LogP contribution in [0.1, 0.15) is 40.2 Å². The summed E-state index contributed by atoms with van der Waals surface area (Å²) in [6.07, 6.45) is 0.750. The Morgan fingerprint density at radius 3 is 1.47 bits per heavy atom. The molecule has 0 aromatic heterocycles. The maximum Gasteiger partial charge on any atom is 0.0522 e. The van der Waals surface area contributed by atoms with E-state index >= 15 is 0 Å². The molecule has 1 aromatic carbocycles. The molecule has 2 nitrogen and oxygen atoms in total. The highest BCUT2D eigenvalue weighted by molar-refractivity contribution is 5.11. The molecule has 0 bridgehead atoms. The van der Waals surface area contributed by atoms with Crippen LogP contribution >= 0.6 is 0 Å². The molecule has 0 spiro atoms. The van der Waals surface area contributed by atoms with Crippen molar-refractivity contribution >= 4 is 0 Å². The lowest BCUT2D eigenvalue weighted by Gasteiger charge is -2.09. The van der Waals surface area contributed by atoms with Gasteiger partial charge in [0.25, 0.3) is 0 Å². The molecule has 0 aliphatic rings. The highest BCUT2D eigenvalue weighted by Gasteiger charge is 1.94. The normalized spacial score (nSPS) is 9.24. The monoisotopic (exact) mass is 240 g/mol. The van der Waals surface area contributed by atoms with Crippen molar-refractivity contribution in [2.45, 2.75) is 53.8 Å². The summed E-state index contributed by atoms with van der Waals surface area (Å²) in [4.78, 5) is 0. The minimum Gasteiger partial charge on any atom is -0.397 e. The summed E-state index contributed by atoms with van der Waals surface area (Å²) < 4.78 is 5.25. The van der Waals surface area contributed by atoms with Crippen molar-refractivity contribution in [2.75, 3.05) is 6.61 Å². The largest absolute Gasteiger partial charge is 0.397 e. The van der Waals surface area contributed by atoms with Crippen LogP contribution in [0.5, 0.6) is 0 Å². The third kappa shape index (κ3) is 21.1. The molecule has 0 saturated heterocycles. The minimum atomic E-state index is 0.250. The van der Waals surface area contributed by atoms with Crippen LogP contribution in [0.4, 0.5) is 0 Å². The second-order valence-electron chi connectivity index (χ2n) is 4.20. The fourth-order valence-electron chi connectivity index (χ4n) is 1.08. The van der Waals surface area contributed by atoms with Crippen molar-refractivity contribution in [3.63, 3.8) is 0 Å². The van der Waals surface area contributed by atoms with Crippen molar-refractivity contribution < 1.29 is 9.84 Å². The molecule has 100 valence electrons. The molecule has 1 aromatic rings. The lowest BCUT2D eigenvalue weighted by atomic mass is 10.2. The first kappa shape index (κ1) is 18.5. The molecule has 1 N–H and O–H groups in total. The van der Waals surface area contributed by atoms with Gasteiger partial charge in [-0.25, -0.2) is 0 Å². The Morgan fingerprint density at radius 1 is 1.00 bits per heavy atom. The Bertz CT molecular complexity index is 224. The van der Waals surface area contributed by atoms with Crippen molar-refractivity contribution in [2.24, 2.45) is 0 Å². The van der Waals surface area contributed by atoms with Crippen molar-refractivity contribution in [3.05, 3.63) is 35.9 Å². The van der Waals surface area contributed by atoms with E-state index in [9.17, 15) is 0 Å². The number of rotatable bonds is 2. The molecule has 17 heavy (non-hydrogen) atoms. The number of benzene rings is 1. The van der Waals surface area contributed by atoms with E-state index in [1.165, 1.54) is 5.56 Å². The van der Waals surface area contributed by atoms with Gasteiger partial charge >= 0.3 is 0 Å². The topological polar surface area (TPSA) is 29.5 Å². The molecule has 0 saturated carbocycles. The number of ether oxygens (including phenoxy) is 1. The number of hydrogen-bond acceptors (Lipinski definition) is 2. The predicted molar refractivity (Wildman–Crippen MR) is 75.3 cm³/mol. The average molecular weight is 240 g/mol. The van der Waals surface area contributed by atoms with E-state index in [2.05, 4.69) is 19.1 Å². The zero-order valence-electron chi connectivity index (χ0n) is 12.1. The van der Waals surface area contributed by atoms with Crippen molar-refractivity contribution in [3.8, 4) is 0 Å². The highest BCUT2D eigenvalue weighted by atomic mass is 16.5. The lowest BCUT2D eigenvalue weighted by Crippen LogP contribution is -2.09. The van der Waals surface area contributed by atoms with Gasteiger partial charge in [0.2, 0.25) is 0 Å². The molecule has 0 atom stereocenters. The average Bonchev–Trinajstić information content (AvgIpc) is 2.18. The van der Waals surface area contributed by atoms with E-state index in [0.717, 1.165) is 0 Å². The molecular formula is C15H28O2. The summed E-state index contributed by atoms with van der Waals surface area (Å²) in [5.41, 5.74) is 1.32. The van der Waals surface area contributed by atoms with E-state index in [0.29, 0.717) is 12.2 Å². The summed E-state index contributed by atoms with van der Waals surface area (Å²) in [7, 11) is 0. The third-order valence-electron chi connectivity index (χ3n) is 1.48. The molecule has 0 heterocycles. The fraction of sp³-hybridized carbons (Fsp3) is 0.600. The maximum absolute atomic E-state index is 7.57. The first-order valence-corrected chi connectivity index (χ1v) is 6.21. The molecule has 0 amide bonds. The van der Waals surface area contributed by atoms with E-state index < -0.39 is 0 Å². The van der Waals surface area contributed by atoms with Crippen LogP contribution < -0.4 is 0 Å². The van der Waals surface area contributed by atoms with Crippen LogP contribution in [-0.2, 0) is 4.74 Å². The summed E-state index contributed by atoms with van der Waals surface area (Å²) in [6, 6.07) is 10.3. The molecule has 2 heteroatoms. The van der Waals surface area contributed by atoms with Gasteiger partial charge in [-0.1, -0.05) is 35.9 Å². The maximum atomic E-state index is 7.57. The highest BCUT2D eigenvalue weighted by Crippen LogP contribution is 1.93. The SMILES string of the molecule is CC(C)OC(C)C.CCO.Cc1ccccc1. The standard InChI is InChI=1S/C7H8.C6H14O.C2H6O/c1-7-5-3-2-4-6-7;1-5(2)7-6(3)4;1-2-3/h2-6H,1H3;5-6H,1-4H3;3H,2H2,1H3. The van der Waals surface area contributed by atoms with E-state index in [1.807, 2.05) is 45.9 Å². The molecule has 0 unspecified atom stereocenters. The van der Waals surface area contributed by atoms with Crippen LogP contribution in [0.25, 0.3) is 0 Å². The first-order valence-electron chi connectivity index (χ1n) is 6.21. The van der Waals surface area contributed by atoms with Gasteiger partial charge in [0, 0.05) is 6.61 Å². The van der Waals surface area contributed by atoms with Crippen LogP contribution in [0.15, 0.2) is 30.3 Å². The van der Waals surface area contributed by atoms with E-state index in [1.54, 1.807) is 6.92 Å². The van der Waals surface area contributed by atoms with E-state index in [-0.39, 0.29) is 6.61 Å². The predicted octanol–water partition coefficient (Wildman–Crippen LogP) is 3.81. The molecule has 1 rings (SSSR count). The minimum absolute atomic E-state index is 0.250. The van der Waals surface area contributed by atoms with Gasteiger partial charge in [0.15, 0.2) is 0 Å². The molecule has 0 fully saturated rings. The Hall–Kier alpha value is -0.860. The van der Waals surface area contributed by atoms with Crippen molar-refractivity contribution in [1.82, 2.24) is 0 Å². The van der Waals surface area contributed by atoms with Crippen LogP contribution in [0, 0.1) is 6.92 Å². The van der Waals surface area contributed by atoms with E-state index in [4.69, 9.17) is 9.84 Å². The molecule has 0 aliphatic carbocycles. The third-order valence-corrected chi connectivity index (χ3v) is 1.48. The summed E-state index contributed by atoms with van der Waals surface area (Å²) in [5.74, 6) is 0. The molecule has 0 aliphatic heterocycles. The van der Waals surface area contributed by atoms with Gasteiger partial charge in [-0.2, -0.15) is 0 Å². The Labute approximate surface area is 107 Å². The summed E-state index contributed by atoms with van der Waals surface area (Å²) >= 11 is 0. The first-order chi connectivity index (χ1) is 7.93. The second kappa shape index (κ2) is 13.2. The van der Waals surface area contributed by atoms with Crippen LogP contribution in [0.3, 0.4) is 0 Å². The van der Waals surface area contributed by atoms with Gasteiger partial charge in [0.05, 0.1) is 12.2 Å². The van der Waals surface area contributed by atoms with Gasteiger partial charge in [0.1, 0.15) is 0 Å². The van der Waals surface area contributed by atoms with Crippen molar-refractivity contribution in [1.29, 1.82) is 0 Å². The number of aliphatic hydroxyl groups excluding tert-OH is 1. The Kier molecular flexibility index (Phi) is 14.4. The zero-order chi connectivity index (χ0) is 13.7. The number of aryl methyl sites for hydroxylation is 1. The van der Waals surface area contributed by atoms with Crippen LogP contribution in [0.2, 0.25) is 0 Å². The van der Waals surface area contributed by atoms with Gasteiger partial charge in [-0.15, -0.1) is 0 Å². The molecular weight excluding hydrogens is 212 g/mol. The Morgan fingerprint density at radius 2 is 1.35 bits per heavy atom. The van der Waals surface area contributed by atoms with Gasteiger partial charge < -0.3 is 9.84 Å². The Balaban J connectivity index is 0. The smallest absolute Gasteiger partial charge is 0.0522 e. The number of hydrogen-bond donors (Lipinski definition) is 1. The zero-order valence-corrected chi connectivity index (χ0v) is 12.1. The summed E-state index contributed by atoms with van der Waals surface area (Å²) in [5, 5.41) is 7.57. The number of aliphatic hydroxyl groups is 1. The lowest BCUT2D eigenvalue weighted by molar-refractivity contribution is 0.0300.